The molecule has 1 aromatic rings. The average Bonchev–Trinajstić information content (AvgIpc) is 2.18. The van der Waals surface area contributed by atoms with E-state index in [1.807, 2.05) is 20.8 Å². The third kappa shape index (κ3) is 1.78. The van der Waals surface area contributed by atoms with E-state index in [0.717, 1.165) is 23.3 Å². The Hall–Kier alpha value is -1.49. The van der Waals surface area contributed by atoms with Crippen LogP contribution in [0.25, 0.3) is 0 Å². The van der Waals surface area contributed by atoms with Crippen molar-refractivity contribution in [1.82, 2.24) is 0 Å². The van der Waals surface area contributed by atoms with Gasteiger partial charge in [-0.15, -0.1) is 0 Å². The Labute approximate surface area is 96.9 Å². The molecule has 0 saturated heterocycles. The number of ether oxygens (including phenoxy) is 1. The second kappa shape index (κ2) is 3.52. The minimum atomic E-state index is -0.243. The van der Waals surface area contributed by atoms with E-state index in [9.17, 15) is 5.26 Å². The van der Waals surface area contributed by atoms with Crippen LogP contribution in [0.15, 0.2) is 12.1 Å². The Bertz CT molecular complexity index is 468. The molecule has 1 atom stereocenters. The van der Waals surface area contributed by atoms with Gasteiger partial charge in [-0.25, -0.2) is 0 Å². The molecule has 16 heavy (non-hydrogen) atoms. The van der Waals surface area contributed by atoms with E-state index in [-0.39, 0.29) is 11.5 Å². The molecule has 0 bridgehead atoms. The molecule has 1 aliphatic heterocycles. The highest BCUT2D eigenvalue weighted by atomic mass is 16.5. The summed E-state index contributed by atoms with van der Waals surface area (Å²) in [6, 6.07) is 6.57. The van der Waals surface area contributed by atoms with Crippen LogP contribution in [0.1, 0.15) is 42.9 Å². The van der Waals surface area contributed by atoms with Crippen LogP contribution in [-0.4, -0.2) is 5.60 Å². The van der Waals surface area contributed by atoms with Crippen molar-refractivity contribution in [2.45, 2.75) is 45.6 Å². The minimum Gasteiger partial charge on any atom is -0.487 e. The Morgan fingerprint density at radius 3 is 2.69 bits per heavy atom. The number of rotatable bonds is 0. The SMILES string of the molecule is Cc1cc(C)c2c(c1)C(C#N)CC(C)(C)O2. The summed E-state index contributed by atoms with van der Waals surface area (Å²) in [5.74, 6) is 0.866. The van der Waals surface area contributed by atoms with Crippen LogP contribution in [0.2, 0.25) is 0 Å². The molecule has 0 amide bonds. The molecule has 0 N–H and O–H groups in total. The number of hydrogen-bond acceptors (Lipinski definition) is 2. The maximum absolute atomic E-state index is 9.25. The minimum absolute atomic E-state index is 0.0441. The predicted octanol–water partition coefficient (Wildman–Crippen LogP) is 3.47. The van der Waals surface area contributed by atoms with Crippen molar-refractivity contribution < 1.29 is 4.74 Å². The molecule has 1 heterocycles. The molecule has 84 valence electrons. The quantitative estimate of drug-likeness (QED) is 0.664. The fourth-order valence-electron chi connectivity index (χ4n) is 2.42. The monoisotopic (exact) mass is 215 g/mol. The number of fused-ring (bicyclic) bond motifs is 1. The van der Waals surface area contributed by atoms with Gasteiger partial charge in [-0.05, 0) is 33.3 Å². The van der Waals surface area contributed by atoms with Crippen molar-refractivity contribution in [3.63, 3.8) is 0 Å². The molecule has 1 unspecified atom stereocenters. The largest absolute Gasteiger partial charge is 0.487 e. The van der Waals surface area contributed by atoms with Crippen LogP contribution in [-0.2, 0) is 0 Å². The normalized spacial score (nSPS) is 21.8. The highest BCUT2D eigenvalue weighted by Gasteiger charge is 2.34. The maximum Gasteiger partial charge on any atom is 0.127 e. The Morgan fingerprint density at radius 2 is 2.06 bits per heavy atom. The molecule has 0 saturated carbocycles. The summed E-state index contributed by atoms with van der Waals surface area (Å²) in [4.78, 5) is 0. The van der Waals surface area contributed by atoms with Gasteiger partial charge in [0.05, 0.1) is 12.0 Å². The number of nitrogens with zero attached hydrogens (tertiary/aromatic N) is 1. The topological polar surface area (TPSA) is 33.0 Å². The van der Waals surface area contributed by atoms with Crippen LogP contribution in [0, 0.1) is 25.2 Å². The van der Waals surface area contributed by atoms with Crippen LogP contribution >= 0.6 is 0 Å². The zero-order chi connectivity index (χ0) is 11.9. The van der Waals surface area contributed by atoms with Crippen molar-refractivity contribution in [1.29, 1.82) is 5.26 Å². The Balaban J connectivity index is 2.60. The lowest BCUT2D eigenvalue weighted by molar-refractivity contribution is 0.0783. The number of hydrogen-bond donors (Lipinski definition) is 0. The first-order chi connectivity index (χ1) is 7.43. The van der Waals surface area contributed by atoms with Gasteiger partial charge in [0.25, 0.3) is 0 Å². The molecule has 1 aliphatic rings. The molecule has 0 fully saturated rings. The first-order valence-corrected chi connectivity index (χ1v) is 5.63. The van der Waals surface area contributed by atoms with E-state index in [2.05, 4.69) is 25.1 Å². The lowest BCUT2D eigenvalue weighted by Gasteiger charge is -2.36. The summed E-state index contributed by atoms with van der Waals surface area (Å²) in [6.07, 6.45) is 0.763. The van der Waals surface area contributed by atoms with Crippen LogP contribution in [0.3, 0.4) is 0 Å². The van der Waals surface area contributed by atoms with Gasteiger partial charge in [0.1, 0.15) is 11.4 Å². The Kier molecular flexibility index (Phi) is 2.42. The molecular formula is C14H17NO. The van der Waals surface area contributed by atoms with Gasteiger partial charge in [0.15, 0.2) is 0 Å². The zero-order valence-corrected chi connectivity index (χ0v) is 10.3. The smallest absolute Gasteiger partial charge is 0.127 e. The first kappa shape index (κ1) is 11.0. The fourth-order valence-corrected chi connectivity index (χ4v) is 2.42. The number of benzene rings is 1. The molecule has 2 heteroatoms. The van der Waals surface area contributed by atoms with E-state index in [4.69, 9.17) is 4.74 Å². The lowest BCUT2D eigenvalue weighted by atomic mass is 9.84. The summed E-state index contributed by atoms with van der Waals surface area (Å²) in [5, 5.41) is 9.25. The van der Waals surface area contributed by atoms with E-state index < -0.39 is 0 Å². The summed E-state index contributed by atoms with van der Waals surface area (Å²) >= 11 is 0. The highest BCUT2D eigenvalue weighted by Crippen LogP contribution is 2.42. The van der Waals surface area contributed by atoms with Gasteiger partial charge < -0.3 is 4.74 Å². The zero-order valence-electron chi connectivity index (χ0n) is 10.3. The van der Waals surface area contributed by atoms with Crippen molar-refractivity contribution in [3.8, 4) is 11.8 Å². The molecule has 2 nitrogen and oxygen atoms in total. The standard InChI is InChI=1S/C14H17NO/c1-9-5-10(2)13-12(6-9)11(8-15)7-14(3,4)16-13/h5-6,11H,7H2,1-4H3. The third-order valence-corrected chi connectivity index (χ3v) is 3.05. The van der Waals surface area contributed by atoms with Gasteiger partial charge in [0.2, 0.25) is 0 Å². The average molecular weight is 215 g/mol. The molecular weight excluding hydrogens is 198 g/mol. The predicted molar refractivity (Wildman–Crippen MR) is 63.6 cm³/mol. The molecule has 2 rings (SSSR count). The maximum atomic E-state index is 9.25. The summed E-state index contributed by atoms with van der Waals surface area (Å²) in [7, 11) is 0. The first-order valence-electron chi connectivity index (χ1n) is 5.63. The van der Waals surface area contributed by atoms with Gasteiger partial charge in [0, 0.05) is 12.0 Å². The molecule has 0 radical (unpaired) electrons. The fraction of sp³-hybridized carbons (Fsp3) is 0.500. The summed E-state index contributed by atoms with van der Waals surface area (Å²) < 4.78 is 5.99. The molecule has 0 aromatic heterocycles. The second-order valence-electron chi connectivity index (χ2n) is 5.25. The van der Waals surface area contributed by atoms with Crippen LogP contribution in [0.4, 0.5) is 0 Å². The van der Waals surface area contributed by atoms with Gasteiger partial charge in [-0.3, -0.25) is 0 Å². The van der Waals surface area contributed by atoms with Crippen molar-refractivity contribution in [2.24, 2.45) is 0 Å². The lowest BCUT2D eigenvalue weighted by Crippen LogP contribution is -2.34. The van der Waals surface area contributed by atoms with Crippen LogP contribution < -0.4 is 4.74 Å². The van der Waals surface area contributed by atoms with E-state index in [1.54, 1.807) is 0 Å². The van der Waals surface area contributed by atoms with Crippen molar-refractivity contribution >= 4 is 0 Å². The van der Waals surface area contributed by atoms with Gasteiger partial charge >= 0.3 is 0 Å². The third-order valence-electron chi connectivity index (χ3n) is 3.05. The summed E-state index contributed by atoms with van der Waals surface area (Å²) in [6.45, 7) is 8.18. The number of aryl methyl sites for hydroxylation is 2. The molecule has 0 spiro atoms. The molecule has 1 aromatic carbocycles. The second-order valence-corrected chi connectivity index (χ2v) is 5.25. The van der Waals surface area contributed by atoms with Crippen LogP contribution in [0.5, 0.6) is 5.75 Å². The summed E-state index contributed by atoms with van der Waals surface area (Å²) in [5.41, 5.74) is 3.13. The molecule has 0 aliphatic carbocycles. The van der Waals surface area contributed by atoms with E-state index >= 15 is 0 Å². The number of nitriles is 1. The Morgan fingerprint density at radius 1 is 1.38 bits per heavy atom. The van der Waals surface area contributed by atoms with E-state index in [0.29, 0.717) is 0 Å². The van der Waals surface area contributed by atoms with Gasteiger partial charge in [-0.2, -0.15) is 5.26 Å². The van der Waals surface area contributed by atoms with Gasteiger partial charge in [-0.1, -0.05) is 17.7 Å². The van der Waals surface area contributed by atoms with E-state index in [1.165, 1.54) is 5.56 Å². The van der Waals surface area contributed by atoms with Crippen molar-refractivity contribution in [2.75, 3.05) is 0 Å². The highest BCUT2D eigenvalue weighted by molar-refractivity contribution is 5.49. The van der Waals surface area contributed by atoms with Crippen molar-refractivity contribution in [3.05, 3.63) is 28.8 Å².